The summed E-state index contributed by atoms with van der Waals surface area (Å²) in [6.45, 7) is 2.16. The van der Waals surface area contributed by atoms with Gasteiger partial charge in [0.05, 0.1) is 8.95 Å². The van der Waals surface area contributed by atoms with Crippen molar-refractivity contribution in [2.24, 2.45) is 7.05 Å². The van der Waals surface area contributed by atoms with Crippen LogP contribution in [0.1, 0.15) is 11.1 Å². The molecule has 0 aliphatic carbocycles. The Labute approximate surface area is 191 Å². The molecule has 0 saturated carbocycles. The lowest BCUT2D eigenvalue weighted by molar-refractivity contribution is 0.302. The highest BCUT2D eigenvalue weighted by molar-refractivity contribution is 9.11. The van der Waals surface area contributed by atoms with E-state index in [-0.39, 0.29) is 12.4 Å². The van der Waals surface area contributed by atoms with Crippen molar-refractivity contribution in [3.63, 3.8) is 0 Å². The van der Waals surface area contributed by atoms with Gasteiger partial charge in [0.2, 0.25) is 5.16 Å². The normalized spacial score (nSPS) is 10.5. The highest BCUT2D eigenvalue weighted by Crippen LogP contribution is 2.35. The monoisotopic (exact) mass is 547 g/mol. The number of thioether (sulfide) groups is 1. The lowest BCUT2D eigenvalue weighted by atomic mass is 10.2. The predicted molar refractivity (Wildman–Crippen MR) is 121 cm³/mol. The number of tetrazole rings is 1. The average Bonchev–Trinajstić information content (AvgIpc) is 3.06. The van der Waals surface area contributed by atoms with Crippen molar-refractivity contribution in [1.82, 2.24) is 25.5 Å². The van der Waals surface area contributed by atoms with Gasteiger partial charge in [0.25, 0.3) is 0 Å². The van der Waals surface area contributed by atoms with Crippen molar-refractivity contribution in [3.8, 4) is 5.75 Å². The van der Waals surface area contributed by atoms with Crippen molar-refractivity contribution in [2.75, 3.05) is 12.3 Å². The molecule has 0 aliphatic rings. The second kappa shape index (κ2) is 11.8. The number of hydrogen-bond acceptors (Lipinski definition) is 6. The summed E-state index contributed by atoms with van der Waals surface area (Å²) in [7, 11) is 1.84. The molecule has 28 heavy (non-hydrogen) atoms. The van der Waals surface area contributed by atoms with Crippen LogP contribution < -0.4 is 10.1 Å². The zero-order chi connectivity index (χ0) is 19.1. The Morgan fingerprint density at radius 2 is 1.82 bits per heavy atom. The van der Waals surface area contributed by atoms with Gasteiger partial charge in [-0.05, 0) is 65.5 Å². The molecule has 0 unspecified atom stereocenters. The largest absolute Gasteiger partial charge is 0.487 e. The average molecular weight is 550 g/mol. The summed E-state index contributed by atoms with van der Waals surface area (Å²) >= 11 is 8.86. The van der Waals surface area contributed by atoms with Gasteiger partial charge in [0, 0.05) is 25.9 Å². The van der Waals surface area contributed by atoms with Crippen molar-refractivity contribution < 1.29 is 4.74 Å². The van der Waals surface area contributed by atoms with Crippen LogP contribution in [0.15, 0.2) is 56.6 Å². The van der Waals surface area contributed by atoms with Crippen molar-refractivity contribution >= 4 is 56.0 Å². The molecule has 6 nitrogen and oxygen atoms in total. The topological polar surface area (TPSA) is 64.9 Å². The maximum atomic E-state index is 5.97. The van der Waals surface area contributed by atoms with Crippen molar-refractivity contribution in [3.05, 3.63) is 62.5 Å². The van der Waals surface area contributed by atoms with E-state index in [1.54, 1.807) is 16.4 Å². The number of benzene rings is 2. The Kier molecular flexibility index (Phi) is 9.73. The number of rotatable bonds is 9. The van der Waals surface area contributed by atoms with E-state index in [9.17, 15) is 0 Å². The van der Waals surface area contributed by atoms with E-state index < -0.39 is 0 Å². The van der Waals surface area contributed by atoms with Crippen LogP contribution in [0.5, 0.6) is 5.75 Å². The Morgan fingerprint density at radius 3 is 2.46 bits per heavy atom. The van der Waals surface area contributed by atoms with E-state index in [4.69, 9.17) is 4.74 Å². The fourth-order valence-electron chi connectivity index (χ4n) is 2.37. The van der Waals surface area contributed by atoms with E-state index in [1.165, 1.54) is 5.56 Å². The van der Waals surface area contributed by atoms with Gasteiger partial charge in [0.1, 0.15) is 12.4 Å². The minimum Gasteiger partial charge on any atom is -0.487 e. The Morgan fingerprint density at radius 1 is 1.11 bits per heavy atom. The van der Waals surface area contributed by atoms with Crippen LogP contribution in [0.2, 0.25) is 0 Å². The lowest BCUT2D eigenvalue weighted by Crippen LogP contribution is -2.17. The van der Waals surface area contributed by atoms with Gasteiger partial charge in [-0.25, -0.2) is 4.68 Å². The van der Waals surface area contributed by atoms with Crippen LogP contribution in [0, 0.1) is 0 Å². The van der Waals surface area contributed by atoms with Crippen LogP contribution >= 0.6 is 56.0 Å². The summed E-state index contributed by atoms with van der Waals surface area (Å²) < 4.78 is 9.51. The van der Waals surface area contributed by atoms with E-state index in [0.717, 1.165) is 44.3 Å². The van der Waals surface area contributed by atoms with E-state index in [1.807, 2.05) is 25.2 Å². The predicted octanol–water partition coefficient (Wildman–Crippen LogP) is 4.62. The molecule has 1 heterocycles. The van der Waals surface area contributed by atoms with E-state index >= 15 is 0 Å². The third-order valence-corrected chi connectivity index (χ3v) is 5.89. The molecule has 3 rings (SSSR count). The summed E-state index contributed by atoms with van der Waals surface area (Å²) in [5.41, 5.74) is 2.31. The molecule has 0 bridgehead atoms. The summed E-state index contributed by atoms with van der Waals surface area (Å²) in [5.74, 6) is 1.71. The first-order valence-corrected chi connectivity index (χ1v) is 10.9. The highest BCUT2D eigenvalue weighted by Gasteiger charge is 2.10. The molecule has 10 heteroatoms. The molecule has 2 aromatic carbocycles. The fourth-order valence-corrected chi connectivity index (χ4v) is 4.63. The molecule has 0 radical (unpaired) electrons. The van der Waals surface area contributed by atoms with Gasteiger partial charge < -0.3 is 10.1 Å². The van der Waals surface area contributed by atoms with Gasteiger partial charge in [0.15, 0.2) is 0 Å². The molecule has 3 aromatic rings. The molecule has 0 atom stereocenters. The number of nitrogens with zero attached hydrogens (tertiary/aromatic N) is 4. The molecule has 150 valence electrons. The smallest absolute Gasteiger partial charge is 0.209 e. The SMILES string of the molecule is Cl.Cn1nnnc1SCCNCc1cc(Br)c(OCc2ccccc2)c(Br)c1. The summed E-state index contributed by atoms with van der Waals surface area (Å²) in [5, 5.41) is 15.7. The van der Waals surface area contributed by atoms with Crippen LogP contribution in [0.3, 0.4) is 0 Å². The first kappa shape index (κ1) is 23.2. The standard InChI is InChI=1S/C18H19Br2N5OS.ClH/c1-25-18(22-23-24-25)27-8-7-21-11-14-9-15(19)17(16(20)10-14)26-12-13-5-3-2-4-6-13;/h2-6,9-10,21H,7-8,11-12H2,1H3;1H. The Bertz CT molecular complexity index is 858. The number of halogens is 3. The highest BCUT2D eigenvalue weighted by atomic mass is 79.9. The summed E-state index contributed by atoms with van der Waals surface area (Å²) in [6.07, 6.45) is 0. The lowest BCUT2D eigenvalue weighted by Gasteiger charge is -2.13. The number of nitrogens with one attached hydrogen (secondary N) is 1. The van der Waals surface area contributed by atoms with Gasteiger partial charge in [-0.15, -0.1) is 17.5 Å². The molecule has 0 spiro atoms. The first-order chi connectivity index (χ1) is 13.1. The van der Waals surface area contributed by atoms with Crippen LogP contribution in [-0.2, 0) is 20.2 Å². The van der Waals surface area contributed by atoms with Crippen LogP contribution in [0.25, 0.3) is 0 Å². The molecule has 0 aliphatic heterocycles. The number of aryl methyl sites for hydroxylation is 1. The zero-order valence-corrected chi connectivity index (χ0v) is 19.9. The molecule has 1 aromatic heterocycles. The number of hydrogen-bond donors (Lipinski definition) is 1. The quantitative estimate of drug-likeness (QED) is 0.311. The van der Waals surface area contributed by atoms with Crippen LogP contribution in [0.4, 0.5) is 0 Å². The van der Waals surface area contributed by atoms with Crippen LogP contribution in [-0.4, -0.2) is 32.5 Å². The zero-order valence-electron chi connectivity index (χ0n) is 15.1. The van der Waals surface area contributed by atoms with Gasteiger partial charge >= 0.3 is 0 Å². The molecule has 0 amide bonds. The van der Waals surface area contributed by atoms with Gasteiger partial charge in [-0.2, -0.15) is 0 Å². The third-order valence-electron chi connectivity index (χ3n) is 3.70. The van der Waals surface area contributed by atoms with Crippen molar-refractivity contribution in [2.45, 2.75) is 18.3 Å². The van der Waals surface area contributed by atoms with E-state index in [2.05, 4.69) is 77.0 Å². The Balaban J connectivity index is 0.00000280. The minimum atomic E-state index is 0. The fraction of sp³-hybridized carbons (Fsp3) is 0.278. The third kappa shape index (κ3) is 6.73. The molecular weight excluding hydrogens is 530 g/mol. The summed E-state index contributed by atoms with van der Waals surface area (Å²) in [4.78, 5) is 0. The second-order valence-corrected chi connectivity index (χ2v) is 8.54. The first-order valence-electron chi connectivity index (χ1n) is 8.34. The molecule has 1 N–H and O–H groups in total. The molecule has 0 saturated heterocycles. The number of aromatic nitrogens is 4. The van der Waals surface area contributed by atoms with Crippen molar-refractivity contribution in [1.29, 1.82) is 0 Å². The Hall–Kier alpha value is -1.13. The second-order valence-electron chi connectivity index (χ2n) is 5.77. The van der Waals surface area contributed by atoms with Gasteiger partial charge in [-0.1, -0.05) is 42.1 Å². The number of ether oxygens (including phenoxy) is 1. The van der Waals surface area contributed by atoms with E-state index in [0.29, 0.717) is 6.61 Å². The molecule has 0 fully saturated rings. The van der Waals surface area contributed by atoms with Gasteiger partial charge in [-0.3, -0.25) is 0 Å². The molecular formula is C18H20Br2ClN5OS. The summed E-state index contributed by atoms with van der Waals surface area (Å²) in [6, 6.07) is 14.3. The maximum Gasteiger partial charge on any atom is 0.209 e. The minimum absolute atomic E-state index is 0. The maximum absolute atomic E-state index is 5.97.